The molecule has 0 spiro atoms. The zero-order valence-electron chi connectivity index (χ0n) is 14.8. The summed E-state index contributed by atoms with van der Waals surface area (Å²) in [5.41, 5.74) is 1.43. The Labute approximate surface area is 152 Å². The van der Waals surface area contributed by atoms with E-state index in [1.165, 1.54) is 7.11 Å². The van der Waals surface area contributed by atoms with Crippen LogP contribution >= 0.6 is 0 Å². The van der Waals surface area contributed by atoms with E-state index in [1.807, 2.05) is 29.2 Å². The number of carbonyl (C=O) groups excluding carboxylic acids is 2. The van der Waals surface area contributed by atoms with Gasteiger partial charge in [0.15, 0.2) is 0 Å². The van der Waals surface area contributed by atoms with Crippen LogP contribution in [0.15, 0.2) is 47.1 Å². The van der Waals surface area contributed by atoms with Gasteiger partial charge in [0, 0.05) is 32.7 Å². The molecule has 7 nitrogen and oxygen atoms in total. The summed E-state index contributed by atoms with van der Waals surface area (Å²) in [6.07, 6.45) is 1.68. The van der Waals surface area contributed by atoms with Crippen molar-refractivity contribution in [2.75, 3.05) is 33.3 Å². The Morgan fingerprint density at radius 1 is 1.12 bits per heavy atom. The maximum absolute atomic E-state index is 12.3. The predicted octanol–water partition coefficient (Wildman–Crippen LogP) is 2.09. The van der Waals surface area contributed by atoms with Crippen LogP contribution in [-0.2, 0) is 17.8 Å². The standard InChI is InChI=1S/C19H23N3O4/c1-25-18(23)16-6-4-15(5-7-16)13-20-19(24)22-10-8-21(9-11-22)14-17-3-2-12-26-17/h2-7,12H,8-11,13-14H2,1H3,(H,20,24). The number of ether oxygens (including phenoxy) is 1. The van der Waals surface area contributed by atoms with Crippen LogP contribution in [0, 0.1) is 0 Å². The fourth-order valence-corrected chi connectivity index (χ4v) is 2.90. The highest BCUT2D eigenvalue weighted by Gasteiger charge is 2.21. The third-order valence-electron chi connectivity index (χ3n) is 4.44. The molecule has 26 heavy (non-hydrogen) atoms. The summed E-state index contributed by atoms with van der Waals surface area (Å²) in [5.74, 6) is 0.575. The van der Waals surface area contributed by atoms with E-state index >= 15 is 0 Å². The molecule has 0 atom stereocenters. The van der Waals surface area contributed by atoms with E-state index in [-0.39, 0.29) is 12.0 Å². The van der Waals surface area contributed by atoms with Gasteiger partial charge in [0.25, 0.3) is 0 Å². The molecule has 0 bridgehead atoms. The number of benzene rings is 1. The summed E-state index contributed by atoms with van der Waals surface area (Å²) in [5, 5.41) is 2.93. The molecule has 138 valence electrons. The summed E-state index contributed by atoms with van der Waals surface area (Å²) in [6.45, 7) is 4.22. The Balaban J connectivity index is 1.42. The molecule has 0 radical (unpaired) electrons. The Hall–Kier alpha value is -2.80. The Morgan fingerprint density at radius 3 is 2.46 bits per heavy atom. The fraction of sp³-hybridized carbons (Fsp3) is 0.368. The SMILES string of the molecule is COC(=O)c1ccc(CNC(=O)N2CCN(Cc3ccco3)CC2)cc1. The van der Waals surface area contributed by atoms with Crippen molar-refractivity contribution < 1.29 is 18.7 Å². The molecule has 2 aromatic rings. The van der Waals surface area contributed by atoms with Crippen molar-refractivity contribution >= 4 is 12.0 Å². The van der Waals surface area contributed by atoms with E-state index in [2.05, 4.69) is 15.0 Å². The van der Waals surface area contributed by atoms with E-state index in [0.29, 0.717) is 25.2 Å². The van der Waals surface area contributed by atoms with E-state index in [9.17, 15) is 9.59 Å². The van der Waals surface area contributed by atoms with Crippen LogP contribution in [0.1, 0.15) is 21.7 Å². The van der Waals surface area contributed by atoms with Gasteiger partial charge in [-0.1, -0.05) is 12.1 Å². The van der Waals surface area contributed by atoms with Gasteiger partial charge in [0.1, 0.15) is 5.76 Å². The molecular formula is C19H23N3O4. The first-order valence-corrected chi connectivity index (χ1v) is 8.60. The van der Waals surface area contributed by atoms with Crippen LogP contribution in [-0.4, -0.2) is 55.1 Å². The number of urea groups is 1. The first-order chi connectivity index (χ1) is 12.7. The second-order valence-electron chi connectivity index (χ2n) is 6.19. The number of carbonyl (C=O) groups is 2. The second-order valence-corrected chi connectivity index (χ2v) is 6.19. The van der Waals surface area contributed by atoms with Crippen molar-refractivity contribution in [3.8, 4) is 0 Å². The molecule has 7 heteroatoms. The molecule has 2 amide bonds. The number of esters is 1. The molecule has 1 saturated heterocycles. The van der Waals surface area contributed by atoms with Crippen molar-refractivity contribution in [3.63, 3.8) is 0 Å². The molecule has 3 rings (SSSR count). The van der Waals surface area contributed by atoms with Gasteiger partial charge in [-0.2, -0.15) is 0 Å². The first-order valence-electron chi connectivity index (χ1n) is 8.60. The van der Waals surface area contributed by atoms with E-state index in [1.54, 1.807) is 18.4 Å². The minimum Gasteiger partial charge on any atom is -0.468 e. The number of furan rings is 1. The minimum absolute atomic E-state index is 0.0697. The monoisotopic (exact) mass is 357 g/mol. The van der Waals surface area contributed by atoms with Gasteiger partial charge in [-0.05, 0) is 29.8 Å². The molecule has 1 fully saturated rings. The highest BCUT2D eigenvalue weighted by atomic mass is 16.5. The van der Waals surface area contributed by atoms with Gasteiger partial charge >= 0.3 is 12.0 Å². The van der Waals surface area contributed by atoms with Crippen molar-refractivity contribution in [2.45, 2.75) is 13.1 Å². The van der Waals surface area contributed by atoms with Crippen molar-refractivity contribution in [3.05, 3.63) is 59.5 Å². The molecule has 1 aromatic carbocycles. The third-order valence-corrected chi connectivity index (χ3v) is 4.44. The summed E-state index contributed by atoms with van der Waals surface area (Å²) < 4.78 is 10.0. The first kappa shape index (κ1) is 18.0. The number of piperazine rings is 1. The summed E-state index contributed by atoms with van der Waals surface area (Å²) >= 11 is 0. The van der Waals surface area contributed by atoms with Crippen molar-refractivity contribution in [1.29, 1.82) is 0 Å². The number of hydrogen-bond donors (Lipinski definition) is 1. The van der Waals surface area contributed by atoms with E-state index in [0.717, 1.165) is 31.0 Å². The maximum atomic E-state index is 12.3. The number of nitrogens with one attached hydrogen (secondary N) is 1. The number of rotatable bonds is 5. The normalized spacial score (nSPS) is 14.9. The minimum atomic E-state index is -0.368. The van der Waals surface area contributed by atoms with Crippen LogP contribution < -0.4 is 5.32 Å². The topological polar surface area (TPSA) is 75.0 Å². The Kier molecular flexibility index (Phi) is 5.91. The molecule has 2 heterocycles. The lowest BCUT2D eigenvalue weighted by Gasteiger charge is -2.34. The lowest BCUT2D eigenvalue weighted by molar-refractivity contribution is 0.0600. The van der Waals surface area contributed by atoms with E-state index < -0.39 is 0 Å². The Morgan fingerprint density at radius 2 is 1.85 bits per heavy atom. The molecule has 1 aliphatic rings. The number of hydrogen-bond acceptors (Lipinski definition) is 5. The highest BCUT2D eigenvalue weighted by molar-refractivity contribution is 5.89. The number of nitrogens with zero attached hydrogens (tertiary/aromatic N) is 2. The number of amides is 2. The fourth-order valence-electron chi connectivity index (χ4n) is 2.90. The van der Waals surface area contributed by atoms with Crippen LogP contribution in [0.5, 0.6) is 0 Å². The summed E-state index contributed by atoms with van der Waals surface area (Å²) in [7, 11) is 1.35. The van der Waals surface area contributed by atoms with Crippen molar-refractivity contribution in [2.24, 2.45) is 0 Å². The quantitative estimate of drug-likeness (QED) is 0.830. The van der Waals surface area contributed by atoms with Crippen LogP contribution in [0.4, 0.5) is 4.79 Å². The molecule has 0 aliphatic carbocycles. The third kappa shape index (κ3) is 4.64. The molecule has 0 unspecified atom stereocenters. The zero-order valence-corrected chi connectivity index (χ0v) is 14.8. The van der Waals surface area contributed by atoms with Crippen molar-refractivity contribution in [1.82, 2.24) is 15.1 Å². The van der Waals surface area contributed by atoms with Crippen LogP contribution in [0.2, 0.25) is 0 Å². The smallest absolute Gasteiger partial charge is 0.337 e. The average Bonchev–Trinajstić information content (AvgIpc) is 3.19. The predicted molar refractivity (Wildman–Crippen MR) is 95.6 cm³/mol. The number of methoxy groups -OCH3 is 1. The molecule has 1 aromatic heterocycles. The molecule has 1 aliphatic heterocycles. The summed E-state index contributed by atoms with van der Waals surface area (Å²) in [6, 6.07) is 10.8. The second kappa shape index (κ2) is 8.53. The summed E-state index contributed by atoms with van der Waals surface area (Å²) in [4.78, 5) is 27.8. The Bertz CT molecular complexity index is 720. The largest absolute Gasteiger partial charge is 0.468 e. The lowest BCUT2D eigenvalue weighted by Crippen LogP contribution is -2.51. The van der Waals surface area contributed by atoms with Crippen LogP contribution in [0.25, 0.3) is 0 Å². The molecular weight excluding hydrogens is 334 g/mol. The molecule has 1 N–H and O–H groups in total. The van der Waals surface area contributed by atoms with Crippen LogP contribution in [0.3, 0.4) is 0 Å². The molecule has 0 saturated carbocycles. The van der Waals surface area contributed by atoms with Gasteiger partial charge in [0.05, 0.1) is 25.5 Å². The highest BCUT2D eigenvalue weighted by Crippen LogP contribution is 2.10. The van der Waals surface area contributed by atoms with E-state index in [4.69, 9.17) is 4.42 Å². The average molecular weight is 357 g/mol. The maximum Gasteiger partial charge on any atom is 0.337 e. The van der Waals surface area contributed by atoms with Gasteiger partial charge < -0.3 is 19.4 Å². The van der Waals surface area contributed by atoms with Gasteiger partial charge in [0.2, 0.25) is 0 Å². The van der Waals surface area contributed by atoms with Gasteiger partial charge in [-0.25, -0.2) is 9.59 Å². The lowest BCUT2D eigenvalue weighted by atomic mass is 10.1. The zero-order chi connectivity index (χ0) is 18.4. The van der Waals surface area contributed by atoms with Gasteiger partial charge in [-0.15, -0.1) is 0 Å². The van der Waals surface area contributed by atoms with Gasteiger partial charge in [-0.3, -0.25) is 4.90 Å².